The zero-order valence-corrected chi connectivity index (χ0v) is 15.4. The van der Waals surface area contributed by atoms with Crippen molar-refractivity contribution >= 4 is 33.2 Å². The number of carbonyl (C=O) groups is 1. The van der Waals surface area contributed by atoms with Crippen molar-refractivity contribution in [2.24, 2.45) is 0 Å². The van der Waals surface area contributed by atoms with Crippen LogP contribution < -0.4 is 10.0 Å². The quantitative estimate of drug-likeness (QED) is 0.694. The molecule has 0 saturated carbocycles. The van der Waals surface area contributed by atoms with E-state index in [1.165, 1.54) is 0 Å². The molecule has 2 aromatic carbocycles. The van der Waals surface area contributed by atoms with Crippen molar-refractivity contribution in [3.63, 3.8) is 0 Å². The Morgan fingerprint density at radius 2 is 1.92 bits per heavy atom. The van der Waals surface area contributed by atoms with Gasteiger partial charge in [0.2, 0.25) is 15.9 Å². The number of sulfonamides is 1. The second-order valence-corrected chi connectivity index (χ2v) is 7.68. The van der Waals surface area contributed by atoms with Gasteiger partial charge in [0.05, 0.1) is 0 Å². The van der Waals surface area contributed by atoms with Crippen LogP contribution in [0.1, 0.15) is 18.4 Å². The molecule has 0 aromatic heterocycles. The summed E-state index contributed by atoms with van der Waals surface area (Å²) in [5, 5.41) is 3.22. The normalized spacial score (nSPS) is 11.4. The summed E-state index contributed by atoms with van der Waals surface area (Å²) in [6, 6.07) is 7.32. The fourth-order valence-electron chi connectivity index (χ4n) is 2.18. The molecule has 0 aliphatic rings. The fraction of sp³-hybridized carbons (Fsp3) is 0.235. The van der Waals surface area contributed by atoms with Crippen molar-refractivity contribution in [2.75, 3.05) is 11.9 Å². The highest BCUT2D eigenvalue weighted by atomic mass is 35.5. The Morgan fingerprint density at radius 3 is 2.62 bits per heavy atom. The van der Waals surface area contributed by atoms with Gasteiger partial charge in [-0.15, -0.1) is 0 Å². The third kappa shape index (κ3) is 5.23. The molecule has 0 aliphatic carbocycles. The van der Waals surface area contributed by atoms with Crippen molar-refractivity contribution in [3.8, 4) is 0 Å². The average Bonchev–Trinajstić information content (AvgIpc) is 2.55. The van der Waals surface area contributed by atoms with E-state index in [2.05, 4.69) is 10.0 Å². The maximum absolute atomic E-state index is 13.6. The van der Waals surface area contributed by atoms with Gasteiger partial charge in [-0.1, -0.05) is 17.7 Å². The lowest BCUT2D eigenvalue weighted by molar-refractivity contribution is -0.116. The Hall–Kier alpha value is -2.03. The summed E-state index contributed by atoms with van der Waals surface area (Å²) in [6.07, 6.45) is 0.258. The summed E-state index contributed by atoms with van der Waals surface area (Å²) in [7, 11) is -4.12. The summed E-state index contributed by atoms with van der Waals surface area (Å²) in [5.41, 5.74) is 1.31. The van der Waals surface area contributed by atoms with Gasteiger partial charge in [-0.05, 0) is 43.2 Å². The molecule has 0 radical (unpaired) electrons. The van der Waals surface area contributed by atoms with Crippen LogP contribution in [0, 0.1) is 18.6 Å². The van der Waals surface area contributed by atoms with Gasteiger partial charge in [0.25, 0.3) is 0 Å². The minimum Gasteiger partial charge on any atom is -0.326 e. The zero-order valence-electron chi connectivity index (χ0n) is 13.9. The Bertz CT molecular complexity index is 920. The van der Waals surface area contributed by atoms with E-state index in [0.717, 1.165) is 17.7 Å². The van der Waals surface area contributed by atoms with Crippen LogP contribution in [0.15, 0.2) is 41.3 Å². The van der Waals surface area contributed by atoms with Crippen molar-refractivity contribution < 1.29 is 22.0 Å². The van der Waals surface area contributed by atoms with Crippen LogP contribution in [0.3, 0.4) is 0 Å². The summed E-state index contributed by atoms with van der Waals surface area (Å²) in [5.74, 6) is -2.34. The van der Waals surface area contributed by atoms with Crippen LogP contribution in [0.4, 0.5) is 14.5 Å². The Morgan fingerprint density at radius 1 is 1.19 bits per heavy atom. The lowest BCUT2D eigenvalue weighted by Crippen LogP contribution is -2.26. The van der Waals surface area contributed by atoms with E-state index in [1.807, 2.05) is 0 Å². The molecule has 26 heavy (non-hydrogen) atoms. The number of carbonyl (C=O) groups excluding carboxylic acids is 1. The molecule has 0 fully saturated rings. The predicted octanol–water partition coefficient (Wildman–Crippen LogP) is 3.62. The molecule has 140 valence electrons. The molecule has 0 aliphatic heterocycles. The minimum atomic E-state index is -4.12. The van der Waals surface area contributed by atoms with Crippen LogP contribution in [-0.4, -0.2) is 20.9 Å². The van der Waals surface area contributed by atoms with E-state index in [9.17, 15) is 22.0 Å². The first-order valence-corrected chi connectivity index (χ1v) is 9.56. The number of anilines is 1. The topological polar surface area (TPSA) is 75.3 Å². The number of hydrogen-bond donors (Lipinski definition) is 2. The minimum absolute atomic E-state index is 0.0559. The Labute approximate surface area is 155 Å². The molecular weight excluding hydrogens is 386 g/mol. The molecule has 9 heteroatoms. The van der Waals surface area contributed by atoms with Crippen LogP contribution in [0.2, 0.25) is 5.02 Å². The molecular formula is C17H17ClF2N2O3S. The summed E-state index contributed by atoms with van der Waals surface area (Å²) < 4.78 is 52.6. The first-order valence-electron chi connectivity index (χ1n) is 7.70. The molecule has 0 atom stereocenters. The lowest BCUT2D eigenvalue weighted by atomic mass is 10.2. The van der Waals surface area contributed by atoms with Gasteiger partial charge in [0, 0.05) is 29.7 Å². The maximum Gasteiger partial charge on any atom is 0.243 e. The predicted molar refractivity (Wildman–Crippen MR) is 95.6 cm³/mol. The molecule has 5 nitrogen and oxygen atoms in total. The number of nitrogens with one attached hydrogen (secondary N) is 2. The smallest absolute Gasteiger partial charge is 0.243 e. The highest BCUT2D eigenvalue weighted by Gasteiger charge is 2.19. The first-order chi connectivity index (χ1) is 12.2. The van der Waals surface area contributed by atoms with Crippen molar-refractivity contribution in [2.45, 2.75) is 24.7 Å². The highest BCUT2D eigenvalue weighted by molar-refractivity contribution is 7.89. The molecule has 2 N–H and O–H groups in total. The molecule has 0 unspecified atom stereocenters. The van der Waals surface area contributed by atoms with Gasteiger partial charge in [-0.2, -0.15) is 0 Å². The van der Waals surface area contributed by atoms with E-state index in [4.69, 9.17) is 11.6 Å². The summed E-state index contributed by atoms with van der Waals surface area (Å²) in [4.78, 5) is 11.3. The lowest BCUT2D eigenvalue weighted by Gasteiger charge is -2.10. The van der Waals surface area contributed by atoms with E-state index in [1.54, 1.807) is 25.1 Å². The van der Waals surface area contributed by atoms with Crippen LogP contribution in [0.5, 0.6) is 0 Å². The van der Waals surface area contributed by atoms with E-state index in [0.29, 0.717) is 16.8 Å². The third-order valence-corrected chi connectivity index (χ3v) is 5.50. The van der Waals surface area contributed by atoms with Gasteiger partial charge in [-0.3, -0.25) is 4.79 Å². The number of benzene rings is 2. The largest absolute Gasteiger partial charge is 0.326 e. The zero-order chi connectivity index (χ0) is 19.3. The molecule has 2 aromatic rings. The average molecular weight is 403 g/mol. The third-order valence-electron chi connectivity index (χ3n) is 3.60. The Balaban J connectivity index is 1.86. The van der Waals surface area contributed by atoms with Crippen LogP contribution in [-0.2, 0) is 14.8 Å². The molecule has 0 heterocycles. The highest BCUT2D eigenvalue weighted by Crippen LogP contribution is 2.23. The number of amides is 1. The molecule has 0 bridgehead atoms. The maximum atomic E-state index is 13.6. The van der Waals surface area contributed by atoms with E-state index in [-0.39, 0.29) is 25.3 Å². The second-order valence-electron chi connectivity index (χ2n) is 5.54. The fourth-order valence-corrected chi connectivity index (χ4v) is 3.49. The van der Waals surface area contributed by atoms with Crippen LogP contribution in [0.25, 0.3) is 0 Å². The van der Waals surface area contributed by atoms with Gasteiger partial charge in [-0.25, -0.2) is 21.9 Å². The molecule has 1 amide bonds. The Kier molecular flexibility index (Phi) is 6.69. The van der Waals surface area contributed by atoms with E-state index < -0.39 is 26.6 Å². The van der Waals surface area contributed by atoms with Gasteiger partial charge in [0.1, 0.15) is 16.5 Å². The molecule has 0 spiro atoms. The molecule has 0 saturated heterocycles. The SMILES string of the molecule is Cc1c(Cl)cccc1NC(=O)CCCNS(=O)(=O)c1ccc(F)cc1F. The van der Waals surface area contributed by atoms with Crippen molar-refractivity contribution in [1.82, 2.24) is 4.72 Å². The monoisotopic (exact) mass is 402 g/mol. The van der Waals surface area contributed by atoms with Crippen molar-refractivity contribution in [3.05, 3.63) is 58.6 Å². The number of rotatable bonds is 7. The molecule has 2 rings (SSSR count). The number of hydrogen-bond acceptors (Lipinski definition) is 3. The van der Waals surface area contributed by atoms with Crippen LogP contribution >= 0.6 is 11.6 Å². The number of halogens is 3. The standard InChI is InChI=1S/C17H17ClF2N2O3S/c1-11-13(18)4-2-5-15(11)22-17(23)6-3-9-21-26(24,25)16-8-7-12(19)10-14(16)20/h2,4-5,7-8,10,21H,3,6,9H2,1H3,(H,22,23). The summed E-state index contributed by atoms with van der Waals surface area (Å²) in [6.45, 7) is 1.70. The van der Waals surface area contributed by atoms with Crippen molar-refractivity contribution in [1.29, 1.82) is 0 Å². The van der Waals surface area contributed by atoms with Gasteiger partial charge in [0.15, 0.2) is 0 Å². The second kappa shape index (κ2) is 8.57. The van der Waals surface area contributed by atoms with Gasteiger partial charge < -0.3 is 5.32 Å². The van der Waals surface area contributed by atoms with E-state index >= 15 is 0 Å². The van der Waals surface area contributed by atoms with Gasteiger partial charge >= 0.3 is 0 Å². The summed E-state index contributed by atoms with van der Waals surface area (Å²) >= 11 is 5.97. The first kappa shape index (κ1) is 20.3.